The summed E-state index contributed by atoms with van der Waals surface area (Å²) in [7, 11) is -3.32. The first-order valence-corrected chi connectivity index (χ1v) is 7.10. The number of aromatic nitrogens is 2. The second kappa shape index (κ2) is 3.56. The number of aromatic amines is 1. The molecule has 2 aliphatic rings. The molecule has 1 aromatic rings. The third-order valence-corrected chi connectivity index (χ3v) is 5.54. The Balaban J connectivity index is 1.85. The highest BCUT2D eigenvalue weighted by atomic mass is 32.2. The Kier molecular flexibility index (Phi) is 2.29. The average molecular weight is 241 g/mol. The van der Waals surface area contributed by atoms with Crippen molar-refractivity contribution in [3.63, 3.8) is 0 Å². The summed E-state index contributed by atoms with van der Waals surface area (Å²) in [5.74, 6) is 1.16. The first-order chi connectivity index (χ1) is 7.68. The van der Waals surface area contributed by atoms with Crippen molar-refractivity contribution >= 4 is 10.0 Å². The molecule has 88 valence electrons. The van der Waals surface area contributed by atoms with Crippen molar-refractivity contribution in [3.8, 4) is 0 Å². The molecule has 5 nitrogen and oxygen atoms in total. The van der Waals surface area contributed by atoms with Crippen LogP contribution >= 0.6 is 0 Å². The Labute approximate surface area is 94.9 Å². The van der Waals surface area contributed by atoms with Gasteiger partial charge >= 0.3 is 0 Å². The van der Waals surface area contributed by atoms with Gasteiger partial charge in [-0.15, -0.1) is 0 Å². The van der Waals surface area contributed by atoms with E-state index < -0.39 is 10.0 Å². The normalized spacial score (nSPS) is 30.8. The van der Waals surface area contributed by atoms with Gasteiger partial charge in [-0.2, -0.15) is 4.31 Å². The summed E-state index contributed by atoms with van der Waals surface area (Å²) in [6.45, 7) is 1.37. The number of rotatable bonds is 2. The molecule has 1 N–H and O–H groups in total. The van der Waals surface area contributed by atoms with Crippen LogP contribution in [0.3, 0.4) is 0 Å². The average Bonchev–Trinajstić information content (AvgIpc) is 2.94. The van der Waals surface area contributed by atoms with Crippen molar-refractivity contribution in [2.24, 2.45) is 11.8 Å². The van der Waals surface area contributed by atoms with E-state index in [2.05, 4.69) is 9.97 Å². The predicted molar refractivity (Wildman–Crippen MR) is 58.2 cm³/mol. The fourth-order valence-corrected chi connectivity index (χ4v) is 4.36. The fraction of sp³-hybridized carbons (Fsp3) is 0.700. The maximum atomic E-state index is 12.2. The number of sulfonamides is 1. The van der Waals surface area contributed by atoms with E-state index in [0.29, 0.717) is 24.9 Å². The highest BCUT2D eigenvalue weighted by Crippen LogP contribution is 2.39. The zero-order valence-electron chi connectivity index (χ0n) is 8.96. The second-order valence-electron chi connectivity index (χ2n) is 4.69. The first kappa shape index (κ1) is 10.3. The maximum Gasteiger partial charge on any atom is 0.260 e. The van der Waals surface area contributed by atoms with Crippen LogP contribution in [-0.2, 0) is 10.0 Å². The molecule has 0 spiro atoms. The van der Waals surface area contributed by atoms with Gasteiger partial charge in [0, 0.05) is 13.1 Å². The molecule has 16 heavy (non-hydrogen) atoms. The van der Waals surface area contributed by atoms with E-state index in [1.54, 1.807) is 4.31 Å². The minimum Gasteiger partial charge on any atom is -0.335 e. The Morgan fingerprint density at radius 2 is 2.00 bits per heavy atom. The van der Waals surface area contributed by atoms with Gasteiger partial charge in [-0.25, -0.2) is 13.4 Å². The molecule has 2 heterocycles. The van der Waals surface area contributed by atoms with Crippen molar-refractivity contribution in [2.45, 2.75) is 24.3 Å². The van der Waals surface area contributed by atoms with Gasteiger partial charge in [-0.1, -0.05) is 6.42 Å². The van der Waals surface area contributed by atoms with Gasteiger partial charge in [0.05, 0.1) is 12.5 Å². The number of H-pyrrole nitrogens is 1. The number of nitrogens with zero attached hydrogens (tertiary/aromatic N) is 2. The summed E-state index contributed by atoms with van der Waals surface area (Å²) < 4.78 is 26.0. The summed E-state index contributed by atoms with van der Waals surface area (Å²) in [5, 5.41) is 0.215. The van der Waals surface area contributed by atoms with E-state index >= 15 is 0 Å². The van der Waals surface area contributed by atoms with Crippen molar-refractivity contribution in [1.29, 1.82) is 0 Å². The van der Waals surface area contributed by atoms with Gasteiger partial charge in [0.15, 0.2) is 5.03 Å². The lowest BCUT2D eigenvalue weighted by atomic mass is 10.0. The predicted octanol–water partition coefficient (Wildman–Crippen LogP) is 0.830. The molecule has 3 rings (SSSR count). The third-order valence-electron chi connectivity index (χ3n) is 3.78. The molecule has 0 amide bonds. The van der Waals surface area contributed by atoms with Crippen molar-refractivity contribution in [1.82, 2.24) is 14.3 Å². The number of fused-ring (bicyclic) bond motifs is 1. The van der Waals surface area contributed by atoms with Crippen LogP contribution in [0.2, 0.25) is 0 Å². The highest BCUT2D eigenvalue weighted by molar-refractivity contribution is 7.89. The van der Waals surface area contributed by atoms with E-state index in [1.807, 2.05) is 0 Å². The van der Waals surface area contributed by atoms with Crippen molar-refractivity contribution in [2.75, 3.05) is 13.1 Å². The van der Waals surface area contributed by atoms with Crippen LogP contribution in [0.25, 0.3) is 0 Å². The molecule has 1 aromatic heterocycles. The van der Waals surface area contributed by atoms with Crippen molar-refractivity contribution < 1.29 is 8.42 Å². The maximum absolute atomic E-state index is 12.2. The van der Waals surface area contributed by atoms with Crippen LogP contribution in [0, 0.1) is 11.8 Å². The molecule has 1 saturated carbocycles. The quantitative estimate of drug-likeness (QED) is 0.834. The van der Waals surface area contributed by atoms with Crippen LogP contribution in [0.5, 0.6) is 0 Å². The van der Waals surface area contributed by atoms with E-state index in [0.717, 1.165) is 0 Å². The molecule has 1 aliphatic heterocycles. The molecule has 6 heteroatoms. The second-order valence-corrected chi connectivity index (χ2v) is 6.60. The lowest BCUT2D eigenvalue weighted by Gasteiger charge is -2.15. The zero-order valence-corrected chi connectivity index (χ0v) is 9.78. The lowest BCUT2D eigenvalue weighted by molar-refractivity contribution is 0.443. The van der Waals surface area contributed by atoms with Crippen LogP contribution in [0.4, 0.5) is 0 Å². The molecule has 0 bridgehead atoms. The summed E-state index contributed by atoms with van der Waals surface area (Å²) in [6, 6.07) is 0. The lowest BCUT2D eigenvalue weighted by Crippen LogP contribution is -2.29. The van der Waals surface area contributed by atoms with Gasteiger partial charge in [-0.3, -0.25) is 0 Å². The molecule has 2 fully saturated rings. The zero-order chi connectivity index (χ0) is 11.2. The Morgan fingerprint density at radius 1 is 1.31 bits per heavy atom. The van der Waals surface area contributed by atoms with Gasteiger partial charge < -0.3 is 4.98 Å². The van der Waals surface area contributed by atoms with Gasteiger partial charge in [0.25, 0.3) is 10.0 Å². The van der Waals surface area contributed by atoms with Crippen molar-refractivity contribution in [3.05, 3.63) is 12.5 Å². The van der Waals surface area contributed by atoms with Gasteiger partial charge in [0.1, 0.15) is 0 Å². The SMILES string of the molecule is O=S(=O)(c1cnc[nH]1)N1CC2CCCC2C1. The van der Waals surface area contributed by atoms with Gasteiger partial charge in [0.2, 0.25) is 0 Å². The minimum absolute atomic E-state index is 0.215. The first-order valence-electron chi connectivity index (χ1n) is 5.66. The Hall–Kier alpha value is -0.880. The summed E-state index contributed by atoms with van der Waals surface area (Å²) >= 11 is 0. The molecule has 0 radical (unpaired) electrons. The summed E-state index contributed by atoms with van der Waals surface area (Å²) in [5.41, 5.74) is 0. The highest BCUT2D eigenvalue weighted by Gasteiger charge is 2.41. The van der Waals surface area contributed by atoms with Crippen LogP contribution in [0.1, 0.15) is 19.3 Å². The minimum atomic E-state index is -3.32. The number of imidazole rings is 1. The monoisotopic (exact) mass is 241 g/mol. The largest absolute Gasteiger partial charge is 0.335 e. The summed E-state index contributed by atoms with van der Waals surface area (Å²) in [6.07, 6.45) is 6.40. The van der Waals surface area contributed by atoms with E-state index in [4.69, 9.17) is 0 Å². The molecule has 0 aromatic carbocycles. The molecule has 1 aliphatic carbocycles. The van der Waals surface area contributed by atoms with E-state index in [9.17, 15) is 8.42 Å². The molecule has 2 unspecified atom stereocenters. The smallest absolute Gasteiger partial charge is 0.260 e. The van der Waals surface area contributed by atoms with E-state index in [-0.39, 0.29) is 5.03 Å². The summed E-state index contributed by atoms with van der Waals surface area (Å²) in [4.78, 5) is 6.45. The van der Waals surface area contributed by atoms with Crippen LogP contribution in [-0.4, -0.2) is 35.8 Å². The Bertz CT molecular complexity index is 456. The number of hydrogen-bond acceptors (Lipinski definition) is 3. The molecular weight excluding hydrogens is 226 g/mol. The standard InChI is InChI=1S/C10H15N3O2S/c14-16(15,10-4-11-7-12-10)13-5-8-2-1-3-9(8)6-13/h4,7-9H,1-3,5-6H2,(H,11,12). The van der Waals surface area contributed by atoms with Crippen LogP contribution < -0.4 is 0 Å². The topological polar surface area (TPSA) is 66.1 Å². The van der Waals surface area contributed by atoms with E-state index in [1.165, 1.54) is 31.8 Å². The fourth-order valence-electron chi connectivity index (χ4n) is 2.91. The molecule has 2 atom stereocenters. The number of nitrogens with one attached hydrogen (secondary N) is 1. The van der Waals surface area contributed by atoms with Crippen LogP contribution in [0.15, 0.2) is 17.6 Å². The Morgan fingerprint density at radius 3 is 2.56 bits per heavy atom. The number of hydrogen-bond donors (Lipinski definition) is 1. The van der Waals surface area contributed by atoms with Gasteiger partial charge in [-0.05, 0) is 24.7 Å². The third kappa shape index (κ3) is 1.48. The molecular formula is C10H15N3O2S. The molecule has 1 saturated heterocycles.